The first-order chi connectivity index (χ1) is 9.22. The van der Waals surface area contributed by atoms with Crippen molar-refractivity contribution >= 4 is 0 Å². The summed E-state index contributed by atoms with van der Waals surface area (Å²) in [7, 11) is 0. The summed E-state index contributed by atoms with van der Waals surface area (Å²) in [6.45, 7) is 3.90. The Kier molecular flexibility index (Phi) is 2.79. The lowest BCUT2D eigenvalue weighted by Crippen LogP contribution is -1.86. The minimum absolute atomic E-state index is 0.676. The Bertz CT molecular complexity index is 657. The number of aryl methyl sites for hydroxylation is 2. The molecule has 0 spiro atoms. The summed E-state index contributed by atoms with van der Waals surface area (Å²) in [5.74, 6) is 1.42. The number of nitrogens with one attached hydrogen (secondary N) is 1. The van der Waals surface area contributed by atoms with Crippen LogP contribution in [0.1, 0.15) is 11.4 Å². The van der Waals surface area contributed by atoms with Crippen LogP contribution in [0.3, 0.4) is 0 Å². The van der Waals surface area contributed by atoms with E-state index in [9.17, 15) is 0 Å². The molecule has 0 aliphatic rings. The molecule has 0 amide bonds. The van der Waals surface area contributed by atoms with Crippen LogP contribution < -0.4 is 0 Å². The summed E-state index contributed by atoms with van der Waals surface area (Å²) >= 11 is 0. The van der Waals surface area contributed by atoms with E-state index in [1.807, 2.05) is 38.1 Å². The van der Waals surface area contributed by atoms with E-state index in [2.05, 4.69) is 25.1 Å². The summed E-state index contributed by atoms with van der Waals surface area (Å²) in [5.41, 5.74) is 3.84. The Morgan fingerprint density at radius 3 is 2.21 bits per heavy atom. The van der Waals surface area contributed by atoms with Crippen LogP contribution in [0.25, 0.3) is 22.8 Å². The topological polar surface area (TPSA) is 67.3 Å². The van der Waals surface area contributed by atoms with Crippen LogP contribution in [0.4, 0.5) is 0 Å². The molecule has 0 unspecified atom stereocenters. The van der Waals surface area contributed by atoms with Crippen LogP contribution in [0.2, 0.25) is 0 Å². The van der Waals surface area contributed by atoms with Crippen LogP contribution in [0, 0.1) is 13.8 Å². The third-order valence-electron chi connectivity index (χ3n) is 2.81. The van der Waals surface area contributed by atoms with Crippen molar-refractivity contribution in [1.82, 2.24) is 25.1 Å². The zero-order chi connectivity index (χ0) is 13.2. The molecule has 0 saturated heterocycles. The van der Waals surface area contributed by atoms with Gasteiger partial charge in [0.2, 0.25) is 0 Å². The molecule has 0 radical (unpaired) electrons. The van der Waals surface area contributed by atoms with Gasteiger partial charge < -0.3 is 0 Å². The van der Waals surface area contributed by atoms with Crippen molar-refractivity contribution in [3.8, 4) is 22.8 Å². The second-order valence-electron chi connectivity index (χ2n) is 4.38. The largest absolute Gasteiger partial charge is 0.262 e. The van der Waals surface area contributed by atoms with Gasteiger partial charge in [-0.25, -0.2) is 4.98 Å². The van der Waals surface area contributed by atoms with Gasteiger partial charge in [-0.2, -0.15) is 5.10 Å². The maximum Gasteiger partial charge on any atom is 0.181 e. The Morgan fingerprint density at radius 1 is 0.895 bits per heavy atom. The number of hydrogen-bond donors (Lipinski definition) is 1. The highest BCUT2D eigenvalue weighted by Gasteiger charge is 2.08. The molecule has 5 heteroatoms. The molecule has 0 atom stereocenters. The second-order valence-corrected chi connectivity index (χ2v) is 4.38. The lowest BCUT2D eigenvalue weighted by Gasteiger charge is -1.97. The highest BCUT2D eigenvalue weighted by atomic mass is 15.2. The summed E-state index contributed by atoms with van der Waals surface area (Å²) in [6, 6.07) is 7.75. The number of rotatable bonds is 2. The van der Waals surface area contributed by atoms with Gasteiger partial charge in [0.15, 0.2) is 11.6 Å². The smallest absolute Gasteiger partial charge is 0.181 e. The van der Waals surface area contributed by atoms with Gasteiger partial charge >= 0.3 is 0 Å². The van der Waals surface area contributed by atoms with E-state index in [1.165, 1.54) is 0 Å². The SMILES string of the molecule is Cc1cc(-c2n[nH]c(-c3ccnc(C)c3)n2)ccn1. The highest BCUT2D eigenvalue weighted by Crippen LogP contribution is 2.20. The third kappa shape index (κ3) is 2.35. The molecule has 3 rings (SSSR count). The van der Waals surface area contributed by atoms with E-state index in [4.69, 9.17) is 0 Å². The van der Waals surface area contributed by atoms with Gasteiger partial charge in [0, 0.05) is 34.9 Å². The molecule has 0 saturated carbocycles. The van der Waals surface area contributed by atoms with E-state index in [0.29, 0.717) is 5.82 Å². The minimum Gasteiger partial charge on any atom is -0.262 e. The molecule has 0 aliphatic heterocycles. The molecule has 0 aromatic carbocycles. The molecule has 5 nitrogen and oxygen atoms in total. The fraction of sp³-hybridized carbons (Fsp3) is 0.143. The minimum atomic E-state index is 0.676. The van der Waals surface area contributed by atoms with Gasteiger partial charge in [0.1, 0.15) is 0 Å². The van der Waals surface area contributed by atoms with Crippen molar-refractivity contribution in [1.29, 1.82) is 0 Å². The van der Waals surface area contributed by atoms with Crippen molar-refractivity contribution < 1.29 is 0 Å². The quantitative estimate of drug-likeness (QED) is 0.760. The Labute approximate surface area is 110 Å². The number of pyridine rings is 2. The molecule has 3 heterocycles. The predicted octanol–water partition coefficient (Wildman–Crippen LogP) is 2.55. The van der Waals surface area contributed by atoms with Crippen molar-refractivity contribution in [3.05, 3.63) is 48.0 Å². The number of nitrogens with zero attached hydrogens (tertiary/aromatic N) is 4. The zero-order valence-corrected chi connectivity index (χ0v) is 10.8. The Balaban J connectivity index is 2.00. The molecule has 3 aromatic rings. The standard InChI is InChI=1S/C14H13N5/c1-9-7-11(3-5-15-9)13-17-14(19-18-13)12-4-6-16-10(2)8-12/h3-8H,1-2H3,(H,17,18,19). The fourth-order valence-electron chi connectivity index (χ4n) is 1.90. The monoisotopic (exact) mass is 251 g/mol. The normalized spacial score (nSPS) is 10.6. The predicted molar refractivity (Wildman–Crippen MR) is 72.3 cm³/mol. The molecular weight excluding hydrogens is 238 g/mol. The summed E-state index contributed by atoms with van der Waals surface area (Å²) in [5, 5.41) is 7.21. The first-order valence-corrected chi connectivity index (χ1v) is 6.01. The van der Waals surface area contributed by atoms with Gasteiger partial charge in [-0.05, 0) is 38.1 Å². The molecular formula is C14H13N5. The van der Waals surface area contributed by atoms with Gasteiger partial charge in [-0.3, -0.25) is 15.1 Å². The summed E-state index contributed by atoms with van der Waals surface area (Å²) < 4.78 is 0. The van der Waals surface area contributed by atoms with Crippen molar-refractivity contribution in [2.45, 2.75) is 13.8 Å². The fourth-order valence-corrected chi connectivity index (χ4v) is 1.90. The molecule has 3 aromatic heterocycles. The maximum absolute atomic E-state index is 4.51. The average molecular weight is 251 g/mol. The molecule has 1 N–H and O–H groups in total. The third-order valence-corrected chi connectivity index (χ3v) is 2.81. The van der Waals surface area contributed by atoms with Crippen LogP contribution in [-0.2, 0) is 0 Å². The number of aromatic nitrogens is 5. The zero-order valence-electron chi connectivity index (χ0n) is 10.8. The van der Waals surface area contributed by atoms with Gasteiger partial charge in [-0.15, -0.1) is 0 Å². The Hall–Kier alpha value is -2.56. The van der Waals surface area contributed by atoms with E-state index >= 15 is 0 Å². The maximum atomic E-state index is 4.51. The van der Waals surface area contributed by atoms with Crippen molar-refractivity contribution in [3.63, 3.8) is 0 Å². The average Bonchev–Trinajstić information content (AvgIpc) is 2.88. The van der Waals surface area contributed by atoms with Crippen LogP contribution >= 0.6 is 0 Å². The Morgan fingerprint density at radius 2 is 1.53 bits per heavy atom. The molecule has 19 heavy (non-hydrogen) atoms. The lowest BCUT2D eigenvalue weighted by molar-refractivity contribution is 1.09. The van der Waals surface area contributed by atoms with Crippen LogP contribution in [0.5, 0.6) is 0 Å². The van der Waals surface area contributed by atoms with E-state index in [1.54, 1.807) is 12.4 Å². The number of aromatic amines is 1. The van der Waals surface area contributed by atoms with Gasteiger partial charge in [0.25, 0.3) is 0 Å². The summed E-state index contributed by atoms with van der Waals surface area (Å²) in [4.78, 5) is 12.9. The highest BCUT2D eigenvalue weighted by molar-refractivity contribution is 5.61. The molecule has 94 valence electrons. The van der Waals surface area contributed by atoms with E-state index in [0.717, 1.165) is 28.3 Å². The van der Waals surface area contributed by atoms with Crippen LogP contribution in [-0.4, -0.2) is 25.1 Å². The van der Waals surface area contributed by atoms with E-state index in [-0.39, 0.29) is 0 Å². The first-order valence-electron chi connectivity index (χ1n) is 6.01. The lowest BCUT2D eigenvalue weighted by atomic mass is 10.2. The second kappa shape index (κ2) is 4.61. The van der Waals surface area contributed by atoms with Crippen molar-refractivity contribution in [2.75, 3.05) is 0 Å². The summed E-state index contributed by atoms with van der Waals surface area (Å²) in [6.07, 6.45) is 3.53. The first kappa shape index (κ1) is 11.5. The number of hydrogen-bond acceptors (Lipinski definition) is 4. The van der Waals surface area contributed by atoms with Gasteiger partial charge in [0.05, 0.1) is 0 Å². The van der Waals surface area contributed by atoms with Crippen LogP contribution in [0.15, 0.2) is 36.7 Å². The molecule has 0 bridgehead atoms. The number of H-pyrrole nitrogens is 1. The molecule has 0 aliphatic carbocycles. The van der Waals surface area contributed by atoms with Crippen molar-refractivity contribution in [2.24, 2.45) is 0 Å². The molecule has 0 fully saturated rings. The van der Waals surface area contributed by atoms with Gasteiger partial charge in [-0.1, -0.05) is 0 Å². The van der Waals surface area contributed by atoms with E-state index < -0.39 is 0 Å².